The van der Waals surface area contributed by atoms with Crippen LogP contribution in [0.4, 0.5) is 0 Å². The van der Waals surface area contributed by atoms with E-state index in [2.05, 4.69) is 44.2 Å². The molecule has 0 fully saturated rings. The maximum atomic E-state index is 10.6. The molecule has 112 valence electrons. The van der Waals surface area contributed by atoms with Gasteiger partial charge in [0.15, 0.2) is 0 Å². The first-order valence-electron chi connectivity index (χ1n) is 7.85. The van der Waals surface area contributed by atoms with E-state index in [1.54, 1.807) is 0 Å². The molecule has 0 saturated heterocycles. The van der Waals surface area contributed by atoms with E-state index >= 15 is 0 Å². The number of benzene rings is 2. The van der Waals surface area contributed by atoms with Crippen molar-refractivity contribution in [3.05, 3.63) is 47.0 Å². The normalized spacial score (nSPS) is 11.0. The third-order valence-corrected chi connectivity index (χ3v) is 4.03. The molecule has 0 spiro atoms. The summed E-state index contributed by atoms with van der Waals surface area (Å²) in [4.78, 5) is 10.6. The van der Waals surface area contributed by atoms with Crippen molar-refractivity contribution in [1.82, 2.24) is 0 Å². The van der Waals surface area contributed by atoms with Crippen LogP contribution in [0.2, 0.25) is 0 Å². The molecule has 0 aliphatic carbocycles. The standard InChI is InChI=1S/C19H24O2/c1-3-7-15-13-12-14(2)19-16(9-6-10-17(15)19)8-4-5-11-18(20)21/h6,9-10,12-13H,3-5,7-8,11H2,1-2H3,(H,20,21). The summed E-state index contributed by atoms with van der Waals surface area (Å²) < 4.78 is 0. The van der Waals surface area contributed by atoms with Crippen LogP contribution in [-0.4, -0.2) is 11.1 Å². The maximum Gasteiger partial charge on any atom is 0.303 e. The summed E-state index contributed by atoms with van der Waals surface area (Å²) in [6, 6.07) is 11.0. The van der Waals surface area contributed by atoms with Crippen LogP contribution in [0.5, 0.6) is 0 Å². The van der Waals surface area contributed by atoms with E-state index in [4.69, 9.17) is 5.11 Å². The second-order valence-corrected chi connectivity index (χ2v) is 5.73. The van der Waals surface area contributed by atoms with Gasteiger partial charge in [0, 0.05) is 6.42 Å². The van der Waals surface area contributed by atoms with E-state index in [1.807, 2.05) is 0 Å². The Bertz CT molecular complexity index is 629. The molecule has 1 N–H and O–H groups in total. The summed E-state index contributed by atoms with van der Waals surface area (Å²) in [6.45, 7) is 4.38. The monoisotopic (exact) mass is 284 g/mol. The van der Waals surface area contributed by atoms with Gasteiger partial charge in [-0.05, 0) is 60.1 Å². The Morgan fingerprint density at radius 2 is 1.86 bits per heavy atom. The molecule has 0 radical (unpaired) electrons. The molecule has 2 nitrogen and oxygen atoms in total. The van der Waals surface area contributed by atoms with Gasteiger partial charge in [-0.15, -0.1) is 0 Å². The zero-order chi connectivity index (χ0) is 15.2. The van der Waals surface area contributed by atoms with Gasteiger partial charge >= 0.3 is 5.97 Å². The number of hydrogen-bond acceptors (Lipinski definition) is 1. The lowest BCUT2D eigenvalue weighted by molar-refractivity contribution is -0.137. The molecule has 0 aliphatic rings. The minimum absolute atomic E-state index is 0.269. The molecule has 0 unspecified atom stereocenters. The lowest BCUT2D eigenvalue weighted by atomic mass is 9.92. The molecule has 0 bridgehead atoms. The van der Waals surface area contributed by atoms with Crippen LogP contribution in [0.25, 0.3) is 10.8 Å². The van der Waals surface area contributed by atoms with Crippen LogP contribution in [0.1, 0.15) is 49.3 Å². The second kappa shape index (κ2) is 7.26. The van der Waals surface area contributed by atoms with Gasteiger partial charge in [0.1, 0.15) is 0 Å². The van der Waals surface area contributed by atoms with Crippen molar-refractivity contribution < 1.29 is 9.90 Å². The summed E-state index contributed by atoms with van der Waals surface area (Å²) in [5.74, 6) is -0.700. The van der Waals surface area contributed by atoms with E-state index in [9.17, 15) is 4.79 Å². The Morgan fingerprint density at radius 1 is 1.05 bits per heavy atom. The molecule has 0 atom stereocenters. The van der Waals surface area contributed by atoms with E-state index in [1.165, 1.54) is 27.5 Å². The number of carboxylic acid groups (broad SMARTS) is 1. The lowest BCUT2D eigenvalue weighted by Crippen LogP contribution is -1.97. The van der Waals surface area contributed by atoms with Crippen LogP contribution < -0.4 is 0 Å². The van der Waals surface area contributed by atoms with E-state index < -0.39 is 5.97 Å². The first-order chi connectivity index (χ1) is 10.1. The van der Waals surface area contributed by atoms with Gasteiger partial charge in [-0.25, -0.2) is 0 Å². The first kappa shape index (κ1) is 15.6. The van der Waals surface area contributed by atoms with Gasteiger partial charge in [-0.2, -0.15) is 0 Å². The highest BCUT2D eigenvalue weighted by atomic mass is 16.4. The van der Waals surface area contributed by atoms with Crippen molar-refractivity contribution in [3.8, 4) is 0 Å². The van der Waals surface area contributed by atoms with Gasteiger partial charge in [-0.1, -0.05) is 43.7 Å². The molecular formula is C19H24O2. The predicted molar refractivity (Wildman–Crippen MR) is 87.9 cm³/mol. The molecule has 0 aromatic heterocycles. The van der Waals surface area contributed by atoms with Gasteiger partial charge in [0.2, 0.25) is 0 Å². The minimum atomic E-state index is -0.700. The Hall–Kier alpha value is -1.83. The highest BCUT2D eigenvalue weighted by Gasteiger charge is 2.08. The van der Waals surface area contributed by atoms with Crippen LogP contribution in [0.15, 0.2) is 30.3 Å². The van der Waals surface area contributed by atoms with Gasteiger partial charge in [0.05, 0.1) is 0 Å². The van der Waals surface area contributed by atoms with E-state index in [0.29, 0.717) is 0 Å². The number of unbranched alkanes of at least 4 members (excludes halogenated alkanes) is 1. The Labute approximate surface area is 126 Å². The molecule has 0 amide bonds. The average Bonchev–Trinajstić information content (AvgIpc) is 2.46. The number of fused-ring (bicyclic) bond motifs is 1. The number of carboxylic acids is 1. The number of carbonyl (C=O) groups is 1. The molecule has 2 aromatic carbocycles. The van der Waals surface area contributed by atoms with E-state index in [-0.39, 0.29) is 6.42 Å². The molecule has 21 heavy (non-hydrogen) atoms. The lowest BCUT2D eigenvalue weighted by Gasteiger charge is -2.13. The minimum Gasteiger partial charge on any atom is -0.481 e. The quantitative estimate of drug-likeness (QED) is 0.734. The highest BCUT2D eigenvalue weighted by Crippen LogP contribution is 2.28. The van der Waals surface area contributed by atoms with Crippen molar-refractivity contribution in [1.29, 1.82) is 0 Å². The van der Waals surface area contributed by atoms with Crippen LogP contribution in [0.3, 0.4) is 0 Å². The van der Waals surface area contributed by atoms with Gasteiger partial charge < -0.3 is 5.11 Å². The Morgan fingerprint density at radius 3 is 2.57 bits per heavy atom. The fourth-order valence-electron chi connectivity index (χ4n) is 3.02. The highest BCUT2D eigenvalue weighted by molar-refractivity contribution is 5.91. The zero-order valence-electron chi connectivity index (χ0n) is 13.0. The van der Waals surface area contributed by atoms with Crippen molar-refractivity contribution in [3.63, 3.8) is 0 Å². The van der Waals surface area contributed by atoms with Crippen molar-refractivity contribution >= 4 is 16.7 Å². The summed E-state index contributed by atoms with van der Waals surface area (Å²) in [7, 11) is 0. The number of hydrogen-bond donors (Lipinski definition) is 1. The summed E-state index contributed by atoms with van der Waals surface area (Å²) in [6.07, 6.45) is 5.17. The third kappa shape index (κ3) is 3.84. The first-order valence-corrected chi connectivity index (χ1v) is 7.85. The molecule has 2 aromatic rings. The Balaban J connectivity index is 2.27. The van der Waals surface area contributed by atoms with E-state index in [0.717, 1.165) is 32.1 Å². The van der Waals surface area contributed by atoms with Crippen molar-refractivity contribution in [2.24, 2.45) is 0 Å². The van der Waals surface area contributed by atoms with Crippen LogP contribution in [-0.2, 0) is 17.6 Å². The second-order valence-electron chi connectivity index (χ2n) is 5.73. The SMILES string of the molecule is CCCc1ccc(C)c2c(CCCCC(=O)O)cccc12. The molecule has 0 saturated carbocycles. The molecular weight excluding hydrogens is 260 g/mol. The molecule has 2 heteroatoms. The Kier molecular flexibility index (Phi) is 5.38. The summed E-state index contributed by atoms with van der Waals surface area (Å²) in [5.41, 5.74) is 4.09. The summed E-state index contributed by atoms with van der Waals surface area (Å²) in [5, 5.41) is 11.5. The van der Waals surface area contributed by atoms with Crippen molar-refractivity contribution in [2.45, 2.75) is 52.4 Å². The van der Waals surface area contributed by atoms with Crippen LogP contribution >= 0.6 is 0 Å². The van der Waals surface area contributed by atoms with Gasteiger partial charge in [-0.3, -0.25) is 4.79 Å². The molecule has 2 rings (SSSR count). The number of aliphatic carboxylic acids is 1. The predicted octanol–water partition coefficient (Wildman–Crippen LogP) is 4.90. The average molecular weight is 284 g/mol. The van der Waals surface area contributed by atoms with Crippen molar-refractivity contribution in [2.75, 3.05) is 0 Å². The topological polar surface area (TPSA) is 37.3 Å². The molecule has 0 aliphatic heterocycles. The fraction of sp³-hybridized carbons (Fsp3) is 0.421. The zero-order valence-corrected chi connectivity index (χ0v) is 13.0. The largest absolute Gasteiger partial charge is 0.481 e. The maximum absolute atomic E-state index is 10.6. The van der Waals surface area contributed by atoms with Gasteiger partial charge in [0.25, 0.3) is 0 Å². The summed E-state index contributed by atoms with van der Waals surface area (Å²) >= 11 is 0. The smallest absolute Gasteiger partial charge is 0.303 e. The third-order valence-electron chi connectivity index (χ3n) is 4.03. The fourth-order valence-corrected chi connectivity index (χ4v) is 3.02. The molecule has 0 heterocycles. The number of aryl methyl sites for hydroxylation is 3. The number of rotatable bonds is 7. The van der Waals surface area contributed by atoms with Crippen LogP contribution in [0, 0.1) is 6.92 Å².